The maximum atomic E-state index is 11.7. The molecule has 0 aliphatic heterocycles. The van der Waals surface area contributed by atoms with E-state index in [-0.39, 0.29) is 12.0 Å². The molecular weight excluding hydrogens is 270 g/mol. The lowest BCUT2D eigenvalue weighted by Gasteiger charge is -2.11. The van der Waals surface area contributed by atoms with Crippen molar-refractivity contribution in [3.63, 3.8) is 0 Å². The molecule has 1 unspecified atom stereocenters. The smallest absolute Gasteiger partial charge is 0.251 e. The van der Waals surface area contributed by atoms with Gasteiger partial charge in [0.1, 0.15) is 0 Å². The van der Waals surface area contributed by atoms with Crippen LogP contribution in [0.2, 0.25) is 0 Å². The highest BCUT2D eigenvalue weighted by molar-refractivity contribution is 9.10. The quantitative estimate of drug-likeness (QED) is 0.923. The van der Waals surface area contributed by atoms with E-state index in [0.717, 1.165) is 10.0 Å². The van der Waals surface area contributed by atoms with E-state index in [1.807, 2.05) is 26.0 Å². The SMILES string of the molecule is COC(C)CNC(=O)c1ccc(Br)c(C)c1. The number of ether oxygens (including phenoxy) is 1. The summed E-state index contributed by atoms with van der Waals surface area (Å²) in [6, 6.07) is 5.53. The van der Waals surface area contributed by atoms with Crippen molar-refractivity contribution in [2.75, 3.05) is 13.7 Å². The highest BCUT2D eigenvalue weighted by Gasteiger charge is 2.08. The number of carbonyl (C=O) groups excluding carboxylic acids is 1. The first-order valence-electron chi connectivity index (χ1n) is 5.11. The van der Waals surface area contributed by atoms with E-state index in [1.165, 1.54) is 0 Å². The molecule has 1 amide bonds. The van der Waals surface area contributed by atoms with Crippen molar-refractivity contribution in [2.45, 2.75) is 20.0 Å². The fourth-order valence-corrected chi connectivity index (χ4v) is 1.45. The molecule has 1 N–H and O–H groups in total. The highest BCUT2D eigenvalue weighted by atomic mass is 79.9. The Kier molecular flexibility index (Phi) is 4.96. The number of hydrogen-bond acceptors (Lipinski definition) is 2. The molecule has 1 aromatic carbocycles. The van der Waals surface area contributed by atoms with Crippen molar-refractivity contribution < 1.29 is 9.53 Å². The van der Waals surface area contributed by atoms with Gasteiger partial charge in [0.25, 0.3) is 5.91 Å². The van der Waals surface area contributed by atoms with Gasteiger partial charge in [-0.1, -0.05) is 15.9 Å². The van der Waals surface area contributed by atoms with E-state index in [9.17, 15) is 4.79 Å². The van der Waals surface area contributed by atoms with Crippen molar-refractivity contribution in [1.82, 2.24) is 5.32 Å². The first-order chi connectivity index (χ1) is 7.54. The molecule has 0 radical (unpaired) electrons. The van der Waals surface area contributed by atoms with Crippen molar-refractivity contribution in [3.05, 3.63) is 33.8 Å². The van der Waals surface area contributed by atoms with Gasteiger partial charge in [-0.2, -0.15) is 0 Å². The molecule has 1 rings (SSSR count). The van der Waals surface area contributed by atoms with Gasteiger partial charge < -0.3 is 10.1 Å². The summed E-state index contributed by atoms with van der Waals surface area (Å²) in [4.78, 5) is 11.7. The minimum atomic E-state index is -0.0699. The third-order valence-corrected chi connectivity index (χ3v) is 3.26. The Morgan fingerprint density at radius 1 is 1.56 bits per heavy atom. The molecule has 88 valence electrons. The third kappa shape index (κ3) is 3.61. The summed E-state index contributed by atoms with van der Waals surface area (Å²) in [7, 11) is 1.63. The molecule has 0 bridgehead atoms. The number of carbonyl (C=O) groups is 1. The Balaban J connectivity index is 2.63. The summed E-state index contributed by atoms with van der Waals surface area (Å²) in [6.45, 7) is 4.39. The summed E-state index contributed by atoms with van der Waals surface area (Å²) in [5, 5.41) is 2.82. The number of hydrogen-bond donors (Lipinski definition) is 1. The lowest BCUT2D eigenvalue weighted by Crippen LogP contribution is -2.31. The van der Waals surface area contributed by atoms with Gasteiger partial charge in [0, 0.05) is 23.7 Å². The zero-order valence-corrected chi connectivity index (χ0v) is 11.3. The number of amides is 1. The molecule has 3 nitrogen and oxygen atoms in total. The predicted molar refractivity (Wildman–Crippen MR) is 67.7 cm³/mol. The van der Waals surface area contributed by atoms with E-state index in [4.69, 9.17) is 4.74 Å². The number of benzene rings is 1. The van der Waals surface area contributed by atoms with E-state index in [2.05, 4.69) is 21.2 Å². The minimum Gasteiger partial charge on any atom is -0.380 e. The number of halogens is 1. The zero-order valence-electron chi connectivity index (χ0n) is 9.71. The second-order valence-corrected chi connectivity index (χ2v) is 4.57. The van der Waals surface area contributed by atoms with Crippen LogP contribution in [-0.4, -0.2) is 25.7 Å². The Bertz CT molecular complexity index is 379. The van der Waals surface area contributed by atoms with Crippen LogP contribution in [0, 0.1) is 6.92 Å². The number of rotatable bonds is 4. The fourth-order valence-electron chi connectivity index (χ4n) is 1.21. The van der Waals surface area contributed by atoms with E-state index >= 15 is 0 Å². The molecule has 0 fully saturated rings. The predicted octanol–water partition coefficient (Wildman–Crippen LogP) is 2.52. The molecule has 1 aromatic rings. The Labute approximate surface area is 104 Å². The van der Waals surface area contributed by atoms with Crippen LogP contribution in [0.4, 0.5) is 0 Å². The Hall–Kier alpha value is -0.870. The van der Waals surface area contributed by atoms with Gasteiger partial charge >= 0.3 is 0 Å². The van der Waals surface area contributed by atoms with Gasteiger partial charge in [0.2, 0.25) is 0 Å². The van der Waals surface area contributed by atoms with Crippen molar-refractivity contribution in [1.29, 1.82) is 0 Å². The van der Waals surface area contributed by atoms with Crippen LogP contribution in [0.15, 0.2) is 22.7 Å². The summed E-state index contributed by atoms with van der Waals surface area (Å²) < 4.78 is 6.07. The minimum absolute atomic E-state index is 0.0282. The average Bonchev–Trinajstić information content (AvgIpc) is 2.29. The van der Waals surface area contributed by atoms with Gasteiger partial charge in [-0.3, -0.25) is 4.79 Å². The van der Waals surface area contributed by atoms with Crippen molar-refractivity contribution >= 4 is 21.8 Å². The topological polar surface area (TPSA) is 38.3 Å². The molecular formula is C12H16BrNO2. The standard InChI is InChI=1S/C12H16BrNO2/c1-8-6-10(4-5-11(8)13)12(15)14-7-9(2)16-3/h4-6,9H,7H2,1-3H3,(H,14,15). The van der Waals surface area contributed by atoms with Gasteiger partial charge in [0.15, 0.2) is 0 Å². The van der Waals surface area contributed by atoms with E-state index in [1.54, 1.807) is 13.2 Å². The molecule has 4 heteroatoms. The van der Waals surface area contributed by atoms with Crippen molar-refractivity contribution in [3.8, 4) is 0 Å². The normalized spacial score (nSPS) is 12.2. The average molecular weight is 286 g/mol. The lowest BCUT2D eigenvalue weighted by molar-refractivity contribution is 0.0870. The number of nitrogens with one attached hydrogen (secondary N) is 1. The largest absolute Gasteiger partial charge is 0.380 e. The van der Waals surface area contributed by atoms with Gasteiger partial charge in [-0.15, -0.1) is 0 Å². The lowest BCUT2D eigenvalue weighted by atomic mass is 10.1. The molecule has 0 spiro atoms. The van der Waals surface area contributed by atoms with Crippen LogP contribution in [0.1, 0.15) is 22.8 Å². The second-order valence-electron chi connectivity index (χ2n) is 3.72. The maximum absolute atomic E-state index is 11.7. The molecule has 0 aromatic heterocycles. The van der Waals surface area contributed by atoms with Crippen LogP contribution in [0.3, 0.4) is 0 Å². The highest BCUT2D eigenvalue weighted by Crippen LogP contribution is 2.16. The van der Waals surface area contributed by atoms with Gasteiger partial charge in [-0.05, 0) is 37.6 Å². The van der Waals surface area contributed by atoms with E-state index < -0.39 is 0 Å². The zero-order chi connectivity index (χ0) is 12.1. The van der Waals surface area contributed by atoms with Crippen LogP contribution in [0.25, 0.3) is 0 Å². The fraction of sp³-hybridized carbons (Fsp3) is 0.417. The first-order valence-corrected chi connectivity index (χ1v) is 5.91. The Morgan fingerprint density at radius 3 is 2.81 bits per heavy atom. The van der Waals surface area contributed by atoms with Crippen LogP contribution in [-0.2, 0) is 4.74 Å². The molecule has 0 heterocycles. The monoisotopic (exact) mass is 285 g/mol. The summed E-state index contributed by atoms with van der Waals surface area (Å²) >= 11 is 3.40. The molecule has 0 aliphatic carbocycles. The third-order valence-electron chi connectivity index (χ3n) is 2.37. The first kappa shape index (κ1) is 13.2. The number of methoxy groups -OCH3 is 1. The van der Waals surface area contributed by atoms with Gasteiger partial charge in [0.05, 0.1) is 6.10 Å². The second kappa shape index (κ2) is 6.01. The summed E-state index contributed by atoms with van der Waals surface area (Å²) in [5.74, 6) is -0.0699. The van der Waals surface area contributed by atoms with Crippen LogP contribution in [0.5, 0.6) is 0 Å². The Morgan fingerprint density at radius 2 is 2.25 bits per heavy atom. The van der Waals surface area contributed by atoms with E-state index in [0.29, 0.717) is 12.1 Å². The molecule has 0 saturated carbocycles. The molecule has 1 atom stereocenters. The van der Waals surface area contributed by atoms with Crippen LogP contribution >= 0.6 is 15.9 Å². The molecule has 0 aliphatic rings. The van der Waals surface area contributed by atoms with Crippen molar-refractivity contribution in [2.24, 2.45) is 0 Å². The summed E-state index contributed by atoms with van der Waals surface area (Å²) in [5.41, 5.74) is 1.72. The molecule has 16 heavy (non-hydrogen) atoms. The maximum Gasteiger partial charge on any atom is 0.251 e. The van der Waals surface area contributed by atoms with Crippen LogP contribution < -0.4 is 5.32 Å². The molecule has 0 saturated heterocycles. The van der Waals surface area contributed by atoms with Gasteiger partial charge in [-0.25, -0.2) is 0 Å². The number of aryl methyl sites for hydroxylation is 1. The summed E-state index contributed by atoms with van der Waals surface area (Å²) in [6.07, 6.45) is 0.0282.